The molecule has 3 rings (SSSR count). The molecule has 0 atom stereocenters. The average molecular weight is 534 g/mol. The molecule has 0 radical (unpaired) electrons. The minimum atomic E-state index is -1.72. The fraction of sp³-hybridized carbons (Fsp3) is 0.412. The molecule has 3 aromatic carbocycles. The number of para-hydroxylation sites is 1. The van der Waals surface area contributed by atoms with Crippen molar-refractivity contribution < 1.29 is 0 Å². The van der Waals surface area contributed by atoms with E-state index in [2.05, 4.69) is 141 Å². The van der Waals surface area contributed by atoms with Gasteiger partial charge in [0.05, 0.1) is 22.0 Å². The van der Waals surface area contributed by atoms with E-state index in [0.29, 0.717) is 22.6 Å². The maximum Gasteiger partial charge on any atom is 0.0889 e. The Labute approximate surface area is 229 Å². The van der Waals surface area contributed by atoms with Crippen molar-refractivity contribution in [2.75, 3.05) is 4.90 Å². The summed E-state index contributed by atoms with van der Waals surface area (Å²) in [5.74, 6) is 0. The van der Waals surface area contributed by atoms with Gasteiger partial charge in [-0.05, 0) is 117 Å². The van der Waals surface area contributed by atoms with Gasteiger partial charge in [0.15, 0.2) is 0 Å². The maximum absolute atomic E-state index is 5.02. The van der Waals surface area contributed by atoms with Gasteiger partial charge in [0.25, 0.3) is 0 Å². The Balaban J connectivity index is 2.50. The van der Waals surface area contributed by atoms with Crippen molar-refractivity contribution in [2.24, 2.45) is 0 Å². The largest absolute Gasteiger partial charge is 0.303 e. The molecule has 0 aliphatic rings. The third-order valence-electron chi connectivity index (χ3n) is 8.34. The Kier molecular flexibility index (Phi) is 9.36. The van der Waals surface area contributed by atoms with Crippen LogP contribution in [0.25, 0.3) is 0 Å². The molecule has 0 unspecified atom stereocenters. The molecule has 0 saturated carbocycles. The monoisotopic (exact) mass is 533 g/mol. The molecule has 0 fully saturated rings. The van der Waals surface area contributed by atoms with E-state index in [9.17, 15) is 0 Å². The van der Waals surface area contributed by atoms with Crippen molar-refractivity contribution in [3.05, 3.63) is 91.2 Å². The highest BCUT2D eigenvalue weighted by Crippen LogP contribution is 2.68. The van der Waals surface area contributed by atoms with Crippen LogP contribution in [0.15, 0.2) is 66.7 Å². The molecule has 0 saturated heterocycles. The standard InChI is InChI=1S/C34H49NP2/c1-24(2)36(11,25(3)4)33-20-18-28(9)22-31(33)35(30-16-14-13-15-17-30)32-23-29(10)19-21-34(32)37(12,26(5)6)27(7)8/h13-27H,11-12H2,1-10H3. The van der Waals surface area contributed by atoms with E-state index in [-0.39, 0.29) is 0 Å². The van der Waals surface area contributed by atoms with E-state index in [4.69, 9.17) is 13.3 Å². The second-order valence-corrected chi connectivity index (χ2v) is 20.7. The van der Waals surface area contributed by atoms with Crippen LogP contribution in [0.1, 0.15) is 66.5 Å². The molecular formula is C34H49NP2. The van der Waals surface area contributed by atoms with Gasteiger partial charge in [-0.25, -0.2) is 0 Å². The van der Waals surface area contributed by atoms with Gasteiger partial charge in [-0.2, -0.15) is 13.3 Å². The van der Waals surface area contributed by atoms with E-state index in [0.717, 1.165) is 0 Å². The minimum absolute atomic E-state index is 0.495. The highest BCUT2D eigenvalue weighted by molar-refractivity contribution is 7.85. The number of hydrogen-bond acceptors (Lipinski definition) is 1. The molecule has 200 valence electrons. The van der Waals surface area contributed by atoms with Crippen LogP contribution in [0.5, 0.6) is 0 Å². The smallest absolute Gasteiger partial charge is 0.0889 e. The van der Waals surface area contributed by atoms with E-state index < -0.39 is 14.5 Å². The number of hydrogen-bond donors (Lipinski definition) is 0. The summed E-state index contributed by atoms with van der Waals surface area (Å²) in [4.78, 5) is 2.54. The van der Waals surface area contributed by atoms with E-state index in [1.54, 1.807) is 0 Å². The van der Waals surface area contributed by atoms with E-state index in [1.165, 1.54) is 38.8 Å². The van der Waals surface area contributed by atoms with Crippen molar-refractivity contribution in [2.45, 2.75) is 91.9 Å². The summed E-state index contributed by atoms with van der Waals surface area (Å²) in [7, 11) is -3.44. The summed E-state index contributed by atoms with van der Waals surface area (Å²) >= 11 is 0. The van der Waals surface area contributed by atoms with Crippen molar-refractivity contribution in [1.82, 2.24) is 0 Å². The lowest BCUT2D eigenvalue weighted by atomic mass is 10.1. The van der Waals surface area contributed by atoms with Gasteiger partial charge in [-0.3, -0.25) is 0 Å². The van der Waals surface area contributed by atoms with Crippen LogP contribution < -0.4 is 15.5 Å². The Hall–Kier alpha value is -1.68. The Morgan fingerprint density at radius 3 is 1.22 bits per heavy atom. The SMILES string of the molecule is [CH2-][P+](c1ccc(C)cc1N(c1ccccc1)c1cc(C)ccc1[P+]([CH2-])(C(C)C)C(C)C)(C(C)C)C(C)C. The summed E-state index contributed by atoms with van der Waals surface area (Å²) in [6, 6.07) is 25.0. The van der Waals surface area contributed by atoms with Crippen LogP contribution in [-0.2, 0) is 0 Å². The lowest BCUT2D eigenvalue weighted by Gasteiger charge is -2.43. The van der Waals surface area contributed by atoms with Gasteiger partial charge in [0.2, 0.25) is 0 Å². The highest BCUT2D eigenvalue weighted by atomic mass is 31.2. The normalized spacial score (nSPS) is 12.8. The molecule has 37 heavy (non-hydrogen) atoms. The van der Waals surface area contributed by atoms with Gasteiger partial charge in [-0.15, -0.1) is 0 Å². The molecule has 0 heterocycles. The maximum atomic E-state index is 5.02. The lowest BCUT2D eigenvalue weighted by molar-refractivity contribution is 1.00. The number of rotatable bonds is 9. The molecule has 0 aliphatic carbocycles. The highest BCUT2D eigenvalue weighted by Gasteiger charge is 2.41. The van der Waals surface area contributed by atoms with Gasteiger partial charge < -0.3 is 4.90 Å². The summed E-state index contributed by atoms with van der Waals surface area (Å²) < 4.78 is 0. The molecule has 3 heteroatoms. The van der Waals surface area contributed by atoms with Crippen LogP contribution in [-0.4, -0.2) is 22.6 Å². The summed E-state index contributed by atoms with van der Waals surface area (Å²) in [6.45, 7) is 33.4. The topological polar surface area (TPSA) is 3.24 Å². The fourth-order valence-corrected chi connectivity index (χ4v) is 12.1. The van der Waals surface area contributed by atoms with E-state index >= 15 is 0 Å². The van der Waals surface area contributed by atoms with Crippen molar-refractivity contribution in [3.63, 3.8) is 0 Å². The second-order valence-electron chi connectivity index (χ2n) is 11.9. The molecule has 0 spiro atoms. The average Bonchev–Trinajstić information content (AvgIpc) is 2.83. The van der Waals surface area contributed by atoms with E-state index in [1.807, 2.05) is 0 Å². The molecule has 0 aliphatic heterocycles. The fourth-order valence-electron chi connectivity index (χ4n) is 5.62. The van der Waals surface area contributed by atoms with Gasteiger partial charge in [0.1, 0.15) is 0 Å². The third-order valence-corrected chi connectivity index (χ3v) is 18.3. The molecule has 0 bridgehead atoms. The second kappa shape index (κ2) is 11.6. The zero-order valence-corrected chi connectivity index (χ0v) is 26.7. The first-order valence-electron chi connectivity index (χ1n) is 13.8. The molecule has 0 amide bonds. The number of benzene rings is 3. The number of anilines is 3. The number of aryl methyl sites for hydroxylation is 2. The predicted octanol–water partition coefficient (Wildman–Crippen LogP) is 10.3. The molecular weight excluding hydrogens is 484 g/mol. The van der Waals surface area contributed by atoms with Crippen LogP contribution in [0, 0.1) is 27.2 Å². The third kappa shape index (κ3) is 5.56. The molecule has 0 aromatic heterocycles. The first-order valence-corrected chi connectivity index (χ1v) is 18.0. The van der Waals surface area contributed by atoms with Crippen molar-refractivity contribution in [3.8, 4) is 0 Å². The molecule has 0 N–H and O–H groups in total. The summed E-state index contributed by atoms with van der Waals surface area (Å²) in [5.41, 5.74) is 8.28. The number of nitrogens with zero attached hydrogens (tertiary/aromatic N) is 1. The van der Waals surface area contributed by atoms with Gasteiger partial charge in [0, 0.05) is 28.3 Å². The quantitative estimate of drug-likeness (QED) is 0.195. The lowest BCUT2D eigenvalue weighted by Crippen LogP contribution is -2.32. The van der Waals surface area contributed by atoms with Crippen LogP contribution in [0.2, 0.25) is 0 Å². The molecule has 1 nitrogen and oxygen atoms in total. The first kappa shape index (κ1) is 29.9. The first-order chi connectivity index (χ1) is 17.3. The van der Waals surface area contributed by atoms with Gasteiger partial charge in [-0.1, -0.05) is 44.9 Å². The van der Waals surface area contributed by atoms with Gasteiger partial charge >= 0.3 is 0 Å². The van der Waals surface area contributed by atoms with Crippen LogP contribution in [0.4, 0.5) is 17.1 Å². The Morgan fingerprint density at radius 1 is 0.541 bits per heavy atom. The molecule has 3 aromatic rings. The predicted molar refractivity (Wildman–Crippen MR) is 175 cm³/mol. The summed E-state index contributed by atoms with van der Waals surface area (Å²) in [6.07, 6.45) is 0. The van der Waals surface area contributed by atoms with Crippen molar-refractivity contribution >= 4 is 42.2 Å². The summed E-state index contributed by atoms with van der Waals surface area (Å²) in [5, 5.41) is 2.84. The van der Waals surface area contributed by atoms with Crippen LogP contribution in [0.3, 0.4) is 0 Å². The zero-order chi connectivity index (χ0) is 27.7. The Bertz CT molecular complexity index is 1100. The van der Waals surface area contributed by atoms with Crippen molar-refractivity contribution in [1.29, 1.82) is 0 Å². The Morgan fingerprint density at radius 2 is 0.892 bits per heavy atom. The minimum Gasteiger partial charge on any atom is -0.303 e. The zero-order valence-electron chi connectivity index (χ0n) is 24.9. The van der Waals surface area contributed by atoms with Crippen LogP contribution >= 0.6 is 14.5 Å².